The van der Waals surface area contributed by atoms with Crippen molar-refractivity contribution in [1.29, 1.82) is 0 Å². The van der Waals surface area contributed by atoms with Crippen molar-refractivity contribution in [2.24, 2.45) is 5.92 Å². The number of aryl methyl sites for hydroxylation is 4. The molecule has 1 saturated heterocycles. The number of thiazole rings is 1. The van der Waals surface area contributed by atoms with Gasteiger partial charge in [-0.3, -0.25) is 10.1 Å². The van der Waals surface area contributed by atoms with E-state index in [1.54, 1.807) is 0 Å². The lowest BCUT2D eigenvalue weighted by molar-refractivity contribution is -0.120. The van der Waals surface area contributed by atoms with E-state index in [9.17, 15) is 4.79 Å². The average molecular weight is 462 g/mol. The van der Waals surface area contributed by atoms with Crippen molar-refractivity contribution in [2.45, 2.75) is 40.5 Å². The number of hydrogen-bond acceptors (Lipinski definition) is 7. The van der Waals surface area contributed by atoms with Crippen molar-refractivity contribution < 1.29 is 4.79 Å². The van der Waals surface area contributed by atoms with Crippen LogP contribution in [-0.2, 0) is 4.79 Å². The zero-order valence-electron chi connectivity index (χ0n) is 19.3. The summed E-state index contributed by atoms with van der Waals surface area (Å²) in [6, 6.07) is 8.34. The van der Waals surface area contributed by atoms with Crippen LogP contribution in [-0.4, -0.2) is 43.6 Å². The van der Waals surface area contributed by atoms with Crippen molar-refractivity contribution >= 4 is 34.1 Å². The fourth-order valence-corrected chi connectivity index (χ4v) is 5.25. The molecule has 0 radical (unpaired) electrons. The largest absolute Gasteiger partial charge is 0.341 e. The van der Waals surface area contributed by atoms with Gasteiger partial charge in [0, 0.05) is 41.3 Å². The lowest BCUT2D eigenvalue weighted by Crippen LogP contribution is -2.39. The Bertz CT molecular complexity index is 1310. The van der Waals surface area contributed by atoms with E-state index in [-0.39, 0.29) is 11.8 Å². The van der Waals surface area contributed by atoms with Gasteiger partial charge in [0.25, 0.3) is 0 Å². The Kier molecular flexibility index (Phi) is 5.57. The highest BCUT2D eigenvalue weighted by Gasteiger charge is 2.27. The van der Waals surface area contributed by atoms with Crippen LogP contribution < -0.4 is 10.2 Å². The molecule has 0 atom stereocenters. The molecule has 0 saturated carbocycles. The summed E-state index contributed by atoms with van der Waals surface area (Å²) in [5, 5.41) is 9.58. The second kappa shape index (κ2) is 8.55. The Hall–Kier alpha value is -3.33. The van der Waals surface area contributed by atoms with Crippen LogP contribution >= 0.6 is 11.3 Å². The van der Waals surface area contributed by atoms with Gasteiger partial charge in [0.2, 0.25) is 22.8 Å². The summed E-state index contributed by atoms with van der Waals surface area (Å²) in [6.07, 6.45) is 1.50. The van der Waals surface area contributed by atoms with Gasteiger partial charge in [0.1, 0.15) is 0 Å². The molecule has 9 heteroatoms. The molecule has 3 aromatic heterocycles. The molecule has 0 unspecified atom stereocenters. The monoisotopic (exact) mass is 461 g/mol. The third-order valence-corrected chi connectivity index (χ3v) is 6.91. The fraction of sp³-hybridized carbons (Fsp3) is 0.375. The van der Waals surface area contributed by atoms with E-state index in [1.165, 1.54) is 22.5 Å². The van der Waals surface area contributed by atoms with E-state index < -0.39 is 0 Å². The molecular formula is C24H27N7OS. The molecule has 8 nitrogen and oxygen atoms in total. The van der Waals surface area contributed by atoms with Gasteiger partial charge in [-0.15, -0.1) is 16.4 Å². The SMILES string of the molecule is Cc1ccc(-c2csc3nc(NC(=O)C4CCN(c5nc(C)cc(C)n5)CC4)nn23)c(C)c1. The summed E-state index contributed by atoms with van der Waals surface area (Å²) in [7, 11) is 0. The summed E-state index contributed by atoms with van der Waals surface area (Å²) in [5.41, 5.74) is 6.45. The molecule has 4 heterocycles. The Morgan fingerprint density at radius 2 is 1.76 bits per heavy atom. The van der Waals surface area contributed by atoms with Crippen LogP contribution in [0.1, 0.15) is 35.4 Å². The van der Waals surface area contributed by atoms with E-state index in [0.717, 1.165) is 59.5 Å². The summed E-state index contributed by atoms with van der Waals surface area (Å²) in [4.78, 5) is 29.5. The average Bonchev–Trinajstić information content (AvgIpc) is 3.34. The van der Waals surface area contributed by atoms with Crippen LogP contribution in [0.25, 0.3) is 16.2 Å². The quantitative estimate of drug-likeness (QED) is 0.486. The third kappa shape index (κ3) is 4.32. The van der Waals surface area contributed by atoms with Crippen LogP contribution in [0.2, 0.25) is 0 Å². The first-order chi connectivity index (χ1) is 15.9. The highest BCUT2D eigenvalue weighted by atomic mass is 32.1. The molecule has 1 amide bonds. The number of hydrogen-bond donors (Lipinski definition) is 1. The van der Waals surface area contributed by atoms with E-state index in [1.807, 2.05) is 24.4 Å². The number of carbonyl (C=O) groups is 1. The number of carbonyl (C=O) groups excluding carboxylic acids is 1. The normalized spacial score (nSPS) is 14.7. The van der Waals surface area contributed by atoms with E-state index in [4.69, 9.17) is 0 Å². The molecule has 0 aliphatic carbocycles. The van der Waals surface area contributed by atoms with Gasteiger partial charge in [0.05, 0.1) is 5.69 Å². The second-order valence-electron chi connectivity index (χ2n) is 8.77. The molecule has 0 spiro atoms. The second-order valence-corrected chi connectivity index (χ2v) is 9.61. The molecule has 1 fully saturated rings. The van der Waals surface area contributed by atoms with E-state index in [2.05, 4.69) is 67.7 Å². The lowest BCUT2D eigenvalue weighted by atomic mass is 9.96. The van der Waals surface area contributed by atoms with Gasteiger partial charge < -0.3 is 4.90 Å². The Balaban J connectivity index is 1.27. The molecule has 0 bridgehead atoms. The van der Waals surface area contributed by atoms with Gasteiger partial charge in [-0.05, 0) is 52.2 Å². The predicted octanol–water partition coefficient (Wildman–Crippen LogP) is 4.34. The number of rotatable bonds is 4. The maximum atomic E-state index is 12.9. The minimum Gasteiger partial charge on any atom is -0.341 e. The lowest BCUT2D eigenvalue weighted by Gasteiger charge is -2.31. The Labute approximate surface area is 196 Å². The van der Waals surface area contributed by atoms with Crippen molar-refractivity contribution in [1.82, 2.24) is 24.6 Å². The van der Waals surface area contributed by atoms with Gasteiger partial charge in [0.15, 0.2) is 0 Å². The topological polar surface area (TPSA) is 88.3 Å². The first kappa shape index (κ1) is 21.5. The van der Waals surface area contributed by atoms with E-state index >= 15 is 0 Å². The number of aromatic nitrogens is 5. The molecule has 4 aromatic rings. The molecule has 33 heavy (non-hydrogen) atoms. The number of benzene rings is 1. The van der Waals surface area contributed by atoms with Crippen LogP contribution in [0.15, 0.2) is 29.6 Å². The minimum atomic E-state index is -0.0764. The summed E-state index contributed by atoms with van der Waals surface area (Å²) >= 11 is 1.52. The number of anilines is 2. The summed E-state index contributed by atoms with van der Waals surface area (Å²) < 4.78 is 1.82. The van der Waals surface area contributed by atoms with Crippen LogP contribution in [0.5, 0.6) is 0 Å². The van der Waals surface area contributed by atoms with Crippen molar-refractivity contribution in [2.75, 3.05) is 23.3 Å². The maximum absolute atomic E-state index is 12.9. The highest BCUT2D eigenvalue weighted by Crippen LogP contribution is 2.29. The van der Waals surface area contributed by atoms with Crippen LogP contribution in [0.4, 0.5) is 11.9 Å². The smallest absolute Gasteiger partial charge is 0.250 e. The molecule has 1 aromatic carbocycles. The molecule has 5 rings (SSSR count). The van der Waals surface area contributed by atoms with Crippen LogP contribution in [0.3, 0.4) is 0 Å². The fourth-order valence-electron chi connectivity index (χ4n) is 4.42. The first-order valence-electron chi connectivity index (χ1n) is 11.2. The number of nitrogens with zero attached hydrogens (tertiary/aromatic N) is 6. The number of amides is 1. The molecular weight excluding hydrogens is 434 g/mol. The number of fused-ring (bicyclic) bond motifs is 1. The van der Waals surface area contributed by atoms with Crippen molar-refractivity contribution in [3.8, 4) is 11.3 Å². The summed E-state index contributed by atoms with van der Waals surface area (Å²) in [5.74, 6) is 1.01. The zero-order chi connectivity index (χ0) is 23.1. The molecule has 1 aliphatic heterocycles. The van der Waals surface area contributed by atoms with Gasteiger partial charge in [-0.1, -0.05) is 23.8 Å². The Morgan fingerprint density at radius 1 is 1.03 bits per heavy atom. The molecule has 1 aliphatic rings. The number of piperidine rings is 1. The van der Waals surface area contributed by atoms with Crippen LogP contribution in [0, 0.1) is 33.6 Å². The van der Waals surface area contributed by atoms with Gasteiger partial charge in [-0.2, -0.15) is 4.98 Å². The predicted molar refractivity (Wildman–Crippen MR) is 131 cm³/mol. The maximum Gasteiger partial charge on any atom is 0.250 e. The molecule has 1 N–H and O–H groups in total. The minimum absolute atomic E-state index is 0.0256. The highest BCUT2D eigenvalue weighted by molar-refractivity contribution is 7.15. The first-order valence-corrected chi connectivity index (χ1v) is 12.1. The van der Waals surface area contributed by atoms with Crippen molar-refractivity contribution in [3.63, 3.8) is 0 Å². The standard InChI is InChI=1S/C24H27N7OS/c1-14-5-6-19(15(2)11-14)20-13-33-24-28-22(29-31(20)24)27-21(32)18-7-9-30(10-8-18)23-25-16(3)12-17(4)26-23/h5-6,11-13,18H,7-10H2,1-4H3,(H,27,29,32). The van der Waals surface area contributed by atoms with E-state index in [0.29, 0.717) is 5.95 Å². The number of nitrogens with one attached hydrogen (secondary N) is 1. The third-order valence-electron chi connectivity index (χ3n) is 6.09. The van der Waals surface area contributed by atoms with Crippen molar-refractivity contribution in [3.05, 3.63) is 52.2 Å². The van der Waals surface area contributed by atoms with Gasteiger partial charge >= 0.3 is 0 Å². The Morgan fingerprint density at radius 3 is 2.45 bits per heavy atom. The van der Waals surface area contributed by atoms with Gasteiger partial charge in [-0.25, -0.2) is 14.5 Å². The zero-order valence-corrected chi connectivity index (χ0v) is 20.1. The summed E-state index contributed by atoms with van der Waals surface area (Å²) in [6.45, 7) is 9.65. The molecule has 170 valence electrons.